The topological polar surface area (TPSA) is 43.4 Å². The average molecular weight is 258 g/mol. The van der Waals surface area contributed by atoms with Gasteiger partial charge >= 0.3 is 11.9 Å². The molecule has 0 radical (unpaired) electrons. The summed E-state index contributed by atoms with van der Waals surface area (Å²) >= 11 is 0. The van der Waals surface area contributed by atoms with Crippen molar-refractivity contribution < 1.29 is 14.3 Å². The van der Waals surface area contributed by atoms with E-state index in [0.717, 1.165) is 49.7 Å². The number of esters is 2. The summed E-state index contributed by atoms with van der Waals surface area (Å²) in [6, 6.07) is 0. The lowest BCUT2D eigenvalue weighted by Gasteiger charge is -2.38. The first kappa shape index (κ1) is 11.4. The summed E-state index contributed by atoms with van der Waals surface area (Å²) in [6.45, 7) is 0. The fourth-order valence-corrected chi connectivity index (χ4v) is 4.50. The first-order chi connectivity index (χ1) is 9.27. The van der Waals surface area contributed by atoms with Gasteiger partial charge in [0.05, 0.1) is 11.1 Å². The van der Waals surface area contributed by atoms with Gasteiger partial charge < -0.3 is 4.74 Å². The van der Waals surface area contributed by atoms with E-state index in [4.69, 9.17) is 4.74 Å². The van der Waals surface area contributed by atoms with Crippen molar-refractivity contribution in [2.24, 2.45) is 11.8 Å². The van der Waals surface area contributed by atoms with E-state index in [1.54, 1.807) is 0 Å². The van der Waals surface area contributed by atoms with E-state index in [9.17, 15) is 9.59 Å². The molecule has 2 atom stereocenters. The highest BCUT2D eigenvalue weighted by molar-refractivity contribution is 6.14. The van der Waals surface area contributed by atoms with Crippen molar-refractivity contribution in [3.8, 4) is 0 Å². The molecule has 2 unspecified atom stereocenters. The van der Waals surface area contributed by atoms with Gasteiger partial charge in [0.1, 0.15) is 0 Å². The summed E-state index contributed by atoms with van der Waals surface area (Å²) in [4.78, 5) is 24.0. The molecule has 3 aliphatic carbocycles. The Morgan fingerprint density at radius 2 is 1.21 bits per heavy atom. The van der Waals surface area contributed by atoms with Crippen LogP contribution in [0.1, 0.15) is 51.4 Å². The average Bonchev–Trinajstić information content (AvgIpc) is 2.75. The first-order valence-electron chi connectivity index (χ1n) is 7.49. The second-order valence-corrected chi connectivity index (χ2v) is 6.15. The van der Waals surface area contributed by atoms with Gasteiger partial charge in [0, 0.05) is 11.8 Å². The molecule has 2 fully saturated rings. The molecule has 0 bridgehead atoms. The zero-order valence-corrected chi connectivity index (χ0v) is 11.0. The van der Waals surface area contributed by atoms with Crippen LogP contribution in [0.15, 0.2) is 22.3 Å². The third kappa shape index (κ3) is 1.50. The molecule has 100 valence electrons. The van der Waals surface area contributed by atoms with Crippen LogP contribution in [-0.2, 0) is 14.3 Å². The number of hydrogen-bond donors (Lipinski definition) is 0. The van der Waals surface area contributed by atoms with Crippen LogP contribution < -0.4 is 0 Å². The molecule has 0 aromatic heterocycles. The highest BCUT2D eigenvalue weighted by atomic mass is 16.6. The maximum atomic E-state index is 12.0. The van der Waals surface area contributed by atoms with Gasteiger partial charge in [-0.2, -0.15) is 0 Å². The van der Waals surface area contributed by atoms with E-state index in [0.29, 0.717) is 0 Å². The molecule has 0 amide bonds. The Labute approximate surface area is 112 Å². The van der Waals surface area contributed by atoms with Crippen molar-refractivity contribution in [3.05, 3.63) is 22.3 Å². The fraction of sp³-hybridized carbons (Fsp3) is 0.625. The Bertz CT molecular complexity index is 492. The molecule has 0 N–H and O–H groups in total. The third-order valence-electron chi connectivity index (χ3n) is 5.24. The van der Waals surface area contributed by atoms with Crippen molar-refractivity contribution in [1.82, 2.24) is 0 Å². The molecule has 0 saturated heterocycles. The number of cyclic esters (lactones) is 2. The molecule has 0 aromatic carbocycles. The van der Waals surface area contributed by atoms with Gasteiger partial charge in [-0.25, -0.2) is 9.59 Å². The summed E-state index contributed by atoms with van der Waals surface area (Å²) in [5.74, 6) is -0.304. The van der Waals surface area contributed by atoms with Gasteiger partial charge in [0.2, 0.25) is 0 Å². The number of hydrogen-bond acceptors (Lipinski definition) is 3. The minimum atomic E-state index is -0.353. The van der Waals surface area contributed by atoms with Gasteiger partial charge in [-0.05, 0) is 38.5 Å². The van der Waals surface area contributed by atoms with E-state index < -0.39 is 0 Å². The normalized spacial score (nSPS) is 33.9. The molecular formula is C16H18O3. The lowest BCUT2D eigenvalue weighted by atomic mass is 9.64. The van der Waals surface area contributed by atoms with E-state index in [1.165, 1.54) is 24.0 Å². The van der Waals surface area contributed by atoms with Crippen molar-refractivity contribution in [1.29, 1.82) is 0 Å². The van der Waals surface area contributed by atoms with Gasteiger partial charge in [0.15, 0.2) is 0 Å². The van der Waals surface area contributed by atoms with Gasteiger partial charge in [-0.1, -0.05) is 24.0 Å². The van der Waals surface area contributed by atoms with Gasteiger partial charge in [0.25, 0.3) is 0 Å². The molecule has 0 spiro atoms. The van der Waals surface area contributed by atoms with E-state index in [-0.39, 0.29) is 23.8 Å². The molecule has 1 heterocycles. The Morgan fingerprint density at radius 1 is 0.737 bits per heavy atom. The highest BCUT2D eigenvalue weighted by Crippen LogP contribution is 2.52. The van der Waals surface area contributed by atoms with Crippen molar-refractivity contribution in [2.45, 2.75) is 51.4 Å². The smallest absolute Gasteiger partial charge is 0.343 e. The minimum Gasteiger partial charge on any atom is -0.386 e. The molecule has 4 aliphatic rings. The largest absolute Gasteiger partial charge is 0.386 e. The number of allylic oxidation sites excluding steroid dienone is 2. The molecule has 0 aromatic rings. The number of carbonyl (C=O) groups excluding carboxylic acids is 2. The molecular weight excluding hydrogens is 240 g/mol. The zero-order valence-electron chi connectivity index (χ0n) is 11.0. The second kappa shape index (κ2) is 4.06. The van der Waals surface area contributed by atoms with Crippen LogP contribution in [0.2, 0.25) is 0 Å². The Morgan fingerprint density at radius 3 is 1.68 bits per heavy atom. The van der Waals surface area contributed by atoms with Crippen LogP contribution in [0.3, 0.4) is 0 Å². The summed E-state index contributed by atoms with van der Waals surface area (Å²) in [5.41, 5.74) is 4.44. The Hall–Kier alpha value is -1.38. The van der Waals surface area contributed by atoms with Crippen LogP contribution in [0, 0.1) is 11.8 Å². The zero-order chi connectivity index (χ0) is 13.0. The van der Waals surface area contributed by atoms with E-state index in [2.05, 4.69) is 0 Å². The predicted octanol–water partition coefficient (Wildman–Crippen LogP) is 3.06. The Kier molecular flexibility index (Phi) is 2.44. The number of carbonyl (C=O) groups is 2. The van der Waals surface area contributed by atoms with Crippen LogP contribution in [0.5, 0.6) is 0 Å². The summed E-state index contributed by atoms with van der Waals surface area (Å²) < 4.78 is 4.93. The fourth-order valence-electron chi connectivity index (χ4n) is 4.50. The lowest BCUT2D eigenvalue weighted by Crippen LogP contribution is -2.29. The van der Waals surface area contributed by atoms with E-state index >= 15 is 0 Å². The maximum Gasteiger partial charge on any atom is 0.343 e. The summed E-state index contributed by atoms with van der Waals surface area (Å²) in [6.07, 6.45) is 9.05. The van der Waals surface area contributed by atoms with Crippen molar-refractivity contribution in [3.63, 3.8) is 0 Å². The van der Waals surface area contributed by atoms with E-state index in [1.807, 2.05) is 0 Å². The van der Waals surface area contributed by atoms with Gasteiger partial charge in [-0.3, -0.25) is 0 Å². The van der Waals surface area contributed by atoms with Crippen molar-refractivity contribution in [2.75, 3.05) is 0 Å². The van der Waals surface area contributed by atoms with Crippen LogP contribution >= 0.6 is 0 Å². The number of rotatable bonds is 0. The lowest BCUT2D eigenvalue weighted by molar-refractivity contribution is -0.151. The highest BCUT2D eigenvalue weighted by Gasteiger charge is 2.47. The van der Waals surface area contributed by atoms with Crippen molar-refractivity contribution >= 4 is 11.9 Å². The standard InChI is InChI=1S/C16H18O3/c17-15-13-11-7-3-1-5-9(11)10-6-2-4-8-12(10)14(13)16(18)19-15/h11-12H,1-8H2. The number of ether oxygens (including phenoxy) is 1. The van der Waals surface area contributed by atoms with Crippen LogP contribution in [-0.4, -0.2) is 11.9 Å². The maximum absolute atomic E-state index is 12.0. The summed E-state index contributed by atoms with van der Waals surface area (Å²) in [7, 11) is 0. The Balaban J connectivity index is 1.88. The predicted molar refractivity (Wildman–Crippen MR) is 69.1 cm³/mol. The third-order valence-corrected chi connectivity index (χ3v) is 5.24. The molecule has 19 heavy (non-hydrogen) atoms. The van der Waals surface area contributed by atoms with Gasteiger partial charge in [-0.15, -0.1) is 0 Å². The molecule has 3 nitrogen and oxygen atoms in total. The first-order valence-corrected chi connectivity index (χ1v) is 7.49. The minimum absolute atomic E-state index is 0.201. The second-order valence-electron chi connectivity index (χ2n) is 6.15. The van der Waals surface area contributed by atoms with Crippen LogP contribution in [0.25, 0.3) is 0 Å². The molecule has 3 heteroatoms. The SMILES string of the molecule is O=C1OC(=O)C2=C1C1CCCCC1=C1CCCCC12. The molecule has 4 rings (SSSR count). The quantitative estimate of drug-likeness (QED) is 0.381. The molecule has 1 aliphatic heterocycles. The molecule has 2 saturated carbocycles. The van der Waals surface area contributed by atoms with Crippen LogP contribution in [0.4, 0.5) is 0 Å². The summed E-state index contributed by atoms with van der Waals surface area (Å²) in [5, 5.41) is 0. The number of fused-ring (bicyclic) bond motifs is 4. The monoisotopic (exact) mass is 258 g/mol.